The van der Waals surface area contributed by atoms with Gasteiger partial charge in [-0.2, -0.15) is 0 Å². The van der Waals surface area contributed by atoms with Crippen LogP contribution in [0.15, 0.2) is 0 Å². The molecule has 1 aliphatic heterocycles. The number of carbonyl (C=O) groups excluding carboxylic acids is 2. The molecule has 23 heavy (non-hydrogen) atoms. The lowest BCUT2D eigenvalue weighted by Gasteiger charge is -2.32. The summed E-state index contributed by atoms with van der Waals surface area (Å²) in [5.74, 6) is -1.41. The zero-order valence-corrected chi connectivity index (χ0v) is 14.5. The van der Waals surface area contributed by atoms with Crippen LogP contribution in [0.4, 0.5) is 0 Å². The fourth-order valence-corrected chi connectivity index (χ4v) is 3.00. The quantitative estimate of drug-likeness (QED) is 0.713. The minimum absolute atomic E-state index is 0.105. The zero-order valence-electron chi connectivity index (χ0n) is 14.5. The van der Waals surface area contributed by atoms with E-state index in [-0.39, 0.29) is 30.2 Å². The molecule has 0 aliphatic carbocycles. The predicted molar refractivity (Wildman–Crippen MR) is 87.8 cm³/mol. The smallest absolute Gasteiger partial charge is 0.308 e. The van der Waals surface area contributed by atoms with Gasteiger partial charge in [0.15, 0.2) is 0 Å². The summed E-state index contributed by atoms with van der Waals surface area (Å²) in [6, 6.07) is 0. The fraction of sp³-hybridized carbons (Fsp3) is 0.824. The largest absolute Gasteiger partial charge is 0.481 e. The fourth-order valence-electron chi connectivity index (χ4n) is 3.00. The predicted octanol–water partition coefficient (Wildman–Crippen LogP) is 1.89. The molecule has 1 fully saturated rings. The summed E-state index contributed by atoms with van der Waals surface area (Å²) in [4.78, 5) is 37.3. The third-order valence-electron chi connectivity index (χ3n) is 4.24. The van der Waals surface area contributed by atoms with Gasteiger partial charge in [-0.3, -0.25) is 14.4 Å². The summed E-state index contributed by atoms with van der Waals surface area (Å²) >= 11 is 0. The van der Waals surface area contributed by atoms with Crippen molar-refractivity contribution in [2.24, 2.45) is 17.8 Å². The molecule has 2 unspecified atom stereocenters. The molecule has 2 atom stereocenters. The van der Waals surface area contributed by atoms with Crippen LogP contribution < -0.4 is 5.32 Å². The molecule has 0 bridgehead atoms. The van der Waals surface area contributed by atoms with Crippen molar-refractivity contribution >= 4 is 17.8 Å². The van der Waals surface area contributed by atoms with E-state index in [9.17, 15) is 19.5 Å². The lowest BCUT2D eigenvalue weighted by molar-refractivity contribution is -0.142. The summed E-state index contributed by atoms with van der Waals surface area (Å²) in [5, 5.41) is 12.0. The maximum Gasteiger partial charge on any atom is 0.308 e. The number of carboxylic acid groups (broad SMARTS) is 1. The Hall–Kier alpha value is -1.59. The van der Waals surface area contributed by atoms with Crippen LogP contribution in [0.1, 0.15) is 52.9 Å². The van der Waals surface area contributed by atoms with Crippen LogP contribution in [0, 0.1) is 17.8 Å². The van der Waals surface area contributed by atoms with Gasteiger partial charge < -0.3 is 15.3 Å². The van der Waals surface area contributed by atoms with Crippen LogP contribution in [-0.2, 0) is 14.4 Å². The second-order valence-corrected chi connectivity index (χ2v) is 6.84. The summed E-state index contributed by atoms with van der Waals surface area (Å²) < 4.78 is 0. The average molecular weight is 326 g/mol. The number of likely N-dealkylation sites (tertiary alicyclic amines) is 1. The van der Waals surface area contributed by atoms with Crippen molar-refractivity contribution in [1.82, 2.24) is 10.2 Å². The van der Waals surface area contributed by atoms with E-state index < -0.39 is 11.9 Å². The van der Waals surface area contributed by atoms with Gasteiger partial charge in [-0.15, -0.1) is 0 Å². The number of aliphatic carboxylic acids is 1. The van der Waals surface area contributed by atoms with Crippen molar-refractivity contribution < 1.29 is 19.5 Å². The van der Waals surface area contributed by atoms with Crippen molar-refractivity contribution in [3.05, 3.63) is 0 Å². The lowest BCUT2D eigenvalue weighted by Crippen LogP contribution is -2.46. The number of nitrogens with zero attached hydrogens (tertiary/aromatic N) is 1. The molecule has 6 nitrogen and oxygen atoms in total. The van der Waals surface area contributed by atoms with Crippen molar-refractivity contribution in [3.63, 3.8) is 0 Å². The first kappa shape index (κ1) is 19.5. The third kappa shape index (κ3) is 6.59. The number of amides is 2. The molecule has 0 spiro atoms. The van der Waals surface area contributed by atoms with E-state index in [0.29, 0.717) is 25.9 Å². The molecule has 0 saturated carbocycles. The Kier molecular flexibility index (Phi) is 8.06. The molecule has 0 radical (unpaired) electrons. The highest BCUT2D eigenvalue weighted by Gasteiger charge is 2.29. The summed E-state index contributed by atoms with van der Waals surface area (Å²) in [7, 11) is 0. The van der Waals surface area contributed by atoms with Crippen LogP contribution in [0.2, 0.25) is 0 Å². The van der Waals surface area contributed by atoms with Crippen LogP contribution in [0.5, 0.6) is 0 Å². The Morgan fingerprint density at radius 3 is 2.57 bits per heavy atom. The molecular formula is C17H30N2O4. The number of carboxylic acids is 1. The molecule has 1 rings (SSSR count). The molecule has 0 aromatic rings. The Morgan fingerprint density at radius 2 is 2.00 bits per heavy atom. The number of carbonyl (C=O) groups is 3. The van der Waals surface area contributed by atoms with Gasteiger partial charge >= 0.3 is 5.97 Å². The van der Waals surface area contributed by atoms with E-state index in [0.717, 1.165) is 19.3 Å². The first-order chi connectivity index (χ1) is 10.8. The Morgan fingerprint density at radius 1 is 1.30 bits per heavy atom. The SMILES string of the molecule is CCCC(=O)N1CCCC(C(=O)NCC(CC(C)C)C(=O)O)C1. The monoisotopic (exact) mass is 326 g/mol. The van der Waals surface area contributed by atoms with Crippen molar-refractivity contribution in [3.8, 4) is 0 Å². The Bertz CT molecular complexity index is 423. The second-order valence-electron chi connectivity index (χ2n) is 6.84. The normalized spacial score (nSPS) is 19.5. The van der Waals surface area contributed by atoms with Crippen LogP contribution in [-0.4, -0.2) is 47.4 Å². The molecule has 132 valence electrons. The minimum Gasteiger partial charge on any atom is -0.481 e. The summed E-state index contributed by atoms with van der Waals surface area (Å²) in [5.41, 5.74) is 0. The summed E-state index contributed by atoms with van der Waals surface area (Å²) in [6.45, 7) is 7.23. The van der Waals surface area contributed by atoms with E-state index in [1.807, 2.05) is 20.8 Å². The molecule has 0 aromatic carbocycles. The van der Waals surface area contributed by atoms with Gasteiger partial charge in [0.2, 0.25) is 11.8 Å². The van der Waals surface area contributed by atoms with Crippen LogP contribution in [0.3, 0.4) is 0 Å². The van der Waals surface area contributed by atoms with E-state index in [2.05, 4.69) is 5.32 Å². The van der Waals surface area contributed by atoms with Gasteiger partial charge in [0.1, 0.15) is 0 Å². The number of nitrogens with one attached hydrogen (secondary N) is 1. The Balaban J connectivity index is 2.50. The first-order valence-electron chi connectivity index (χ1n) is 8.63. The maximum atomic E-state index is 12.3. The van der Waals surface area contributed by atoms with E-state index in [1.54, 1.807) is 4.90 Å². The van der Waals surface area contributed by atoms with E-state index in [1.165, 1.54) is 0 Å². The van der Waals surface area contributed by atoms with Gasteiger partial charge in [-0.1, -0.05) is 20.8 Å². The number of hydrogen-bond donors (Lipinski definition) is 2. The van der Waals surface area contributed by atoms with Crippen molar-refractivity contribution in [2.45, 2.75) is 52.9 Å². The third-order valence-corrected chi connectivity index (χ3v) is 4.24. The topological polar surface area (TPSA) is 86.7 Å². The van der Waals surface area contributed by atoms with Gasteiger partial charge in [0, 0.05) is 26.1 Å². The second kappa shape index (κ2) is 9.53. The number of rotatable bonds is 8. The van der Waals surface area contributed by atoms with Crippen molar-refractivity contribution in [1.29, 1.82) is 0 Å². The van der Waals surface area contributed by atoms with E-state index >= 15 is 0 Å². The molecular weight excluding hydrogens is 296 g/mol. The maximum absolute atomic E-state index is 12.3. The molecule has 6 heteroatoms. The van der Waals surface area contributed by atoms with Crippen LogP contribution in [0.25, 0.3) is 0 Å². The van der Waals surface area contributed by atoms with Crippen LogP contribution >= 0.6 is 0 Å². The molecule has 1 heterocycles. The Labute approximate surface area is 138 Å². The molecule has 1 saturated heterocycles. The number of hydrogen-bond acceptors (Lipinski definition) is 3. The zero-order chi connectivity index (χ0) is 17.4. The molecule has 1 aliphatic rings. The van der Waals surface area contributed by atoms with Gasteiger partial charge in [-0.05, 0) is 31.6 Å². The van der Waals surface area contributed by atoms with Gasteiger partial charge in [-0.25, -0.2) is 0 Å². The average Bonchev–Trinajstić information content (AvgIpc) is 2.50. The lowest BCUT2D eigenvalue weighted by atomic mass is 9.95. The molecule has 0 aromatic heterocycles. The summed E-state index contributed by atoms with van der Waals surface area (Å²) in [6.07, 6.45) is 3.44. The molecule has 2 amide bonds. The number of piperidine rings is 1. The highest BCUT2D eigenvalue weighted by atomic mass is 16.4. The standard InChI is InChI=1S/C17H30N2O4/c1-4-6-15(20)19-8-5-7-13(11-19)16(21)18-10-14(17(22)23)9-12(2)3/h12-14H,4-11H2,1-3H3,(H,18,21)(H,22,23). The first-order valence-corrected chi connectivity index (χ1v) is 8.63. The van der Waals surface area contributed by atoms with E-state index in [4.69, 9.17) is 0 Å². The highest BCUT2D eigenvalue weighted by Crippen LogP contribution is 2.18. The van der Waals surface area contributed by atoms with Gasteiger partial charge in [0.25, 0.3) is 0 Å². The molecule has 2 N–H and O–H groups in total. The van der Waals surface area contributed by atoms with Crippen molar-refractivity contribution in [2.75, 3.05) is 19.6 Å². The van der Waals surface area contributed by atoms with Gasteiger partial charge in [0.05, 0.1) is 11.8 Å². The highest BCUT2D eigenvalue weighted by molar-refractivity contribution is 5.82. The minimum atomic E-state index is -0.873.